The minimum absolute atomic E-state index is 0.313. The Morgan fingerprint density at radius 1 is 1.45 bits per heavy atom. The zero-order chi connectivity index (χ0) is 14.3. The van der Waals surface area contributed by atoms with E-state index in [1.165, 1.54) is 11.3 Å². The van der Waals surface area contributed by atoms with Gasteiger partial charge in [-0.2, -0.15) is 5.10 Å². The van der Waals surface area contributed by atoms with Gasteiger partial charge in [-0.1, -0.05) is 30.7 Å². The molecule has 3 aromatic rings. The van der Waals surface area contributed by atoms with Gasteiger partial charge < -0.3 is 5.11 Å². The van der Waals surface area contributed by atoms with Gasteiger partial charge in [-0.3, -0.25) is 0 Å². The van der Waals surface area contributed by atoms with Gasteiger partial charge in [0.25, 0.3) is 0 Å². The number of carboxylic acids is 1. The average Bonchev–Trinajstić information content (AvgIpc) is 2.98. The van der Waals surface area contributed by atoms with E-state index in [0.29, 0.717) is 9.90 Å². The number of para-hydroxylation sites is 1. The van der Waals surface area contributed by atoms with Crippen molar-refractivity contribution in [2.75, 3.05) is 0 Å². The van der Waals surface area contributed by atoms with Crippen molar-refractivity contribution >= 4 is 39.1 Å². The number of halogens is 1. The number of hydrogen-bond acceptors (Lipinski definition) is 3. The summed E-state index contributed by atoms with van der Waals surface area (Å²) in [5, 5.41) is 15.2. The van der Waals surface area contributed by atoms with E-state index in [1.807, 2.05) is 25.1 Å². The molecule has 20 heavy (non-hydrogen) atoms. The van der Waals surface area contributed by atoms with Crippen LogP contribution in [0.3, 0.4) is 0 Å². The molecule has 0 saturated heterocycles. The summed E-state index contributed by atoms with van der Waals surface area (Å²) in [6.45, 7) is 2.00. The minimum atomic E-state index is -0.918. The van der Waals surface area contributed by atoms with Gasteiger partial charge in [0, 0.05) is 5.39 Å². The molecular formula is C14H11ClN2O2S. The Kier molecular flexibility index (Phi) is 3.23. The number of nitrogens with zero attached hydrogens (tertiary/aromatic N) is 2. The highest BCUT2D eigenvalue weighted by molar-refractivity contribution is 7.20. The molecule has 2 heterocycles. The van der Waals surface area contributed by atoms with Crippen molar-refractivity contribution in [3.63, 3.8) is 0 Å². The predicted octanol–water partition coefficient (Wildman–Crippen LogP) is 4.00. The Bertz CT molecular complexity index is 807. The Morgan fingerprint density at radius 3 is 2.85 bits per heavy atom. The molecule has 0 radical (unpaired) electrons. The number of thiophene rings is 1. The van der Waals surface area contributed by atoms with Gasteiger partial charge in [-0.25, -0.2) is 9.48 Å². The predicted molar refractivity (Wildman–Crippen MR) is 80.3 cm³/mol. The van der Waals surface area contributed by atoms with Crippen LogP contribution in [-0.2, 0) is 6.42 Å². The van der Waals surface area contributed by atoms with Crippen molar-refractivity contribution in [1.82, 2.24) is 9.78 Å². The molecule has 0 aliphatic heterocycles. The van der Waals surface area contributed by atoms with E-state index in [4.69, 9.17) is 16.7 Å². The van der Waals surface area contributed by atoms with Crippen LogP contribution in [0.25, 0.3) is 15.9 Å². The van der Waals surface area contributed by atoms with Gasteiger partial charge in [-0.15, -0.1) is 11.3 Å². The van der Waals surface area contributed by atoms with Crippen LogP contribution in [0.4, 0.5) is 0 Å². The third-order valence-electron chi connectivity index (χ3n) is 3.06. The van der Waals surface area contributed by atoms with E-state index in [0.717, 1.165) is 28.0 Å². The number of carbonyl (C=O) groups is 1. The lowest BCUT2D eigenvalue weighted by atomic mass is 10.2. The highest BCUT2D eigenvalue weighted by atomic mass is 35.5. The zero-order valence-electron chi connectivity index (χ0n) is 10.6. The van der Waals surface area contributed by atoms with Crippen molar-refractivity contribution in [3.05, 3.63) is 45.9 Å². The minimum Gasteiger partial charge on any atom is -0.477 e. The summed E-state index contributed by atoms with van der Waals surface area (Å²) in [6.07, 6.45) is 0.740. The second kappa shape index (κ2) is 4.92. The molecule has 6 heteroatoms. The van der Waals surface area contributed by atoms with Gasteiger partial charge >= 0.3 is 5.97 Å². The maximum atomic E-state index is 11.1. The molecular weight excluding hydrogens is 296 g/mol. The maximum Gasteiger partial charge on any atom is 0.345 e. The highest BCUT2D eigenvalue weighted by Gasteiger charge is 2.18. The lowest BCUT2D eigenvalue weighted by Gasteiger charge is -2.04. The molecule has 0 bridgehead atoms. The smallest absolute Gasteiger partial charge is 0.345 e. The van der Waals surface area contributed by atoms with Crippen molar-refractivity contribution < 1.29 is 9.90 Å². The fourth-order valence-corrected chi connectivity index (χ4v) is 3.32. The van der Waals surface area contributed by atoms with Gasteiger partial charge in [-0.05, 0) is 24.6 Å². The standard InChI is InChI=1S/C14H11ClN2O2S/c1-2-10-8-7-12(14(18)19)20-13(8)17(16-10)11-6-4-3-5-9(11)15/h3-7H,2H2,1H3,(H,18,19). The fourth-order valence-electron chi connectivity index (χ4n) is 2.12. The quantitative estimate of drug-likeness (QED) is 0.795. The Morgan fingerprint density at radius 2 is 2.20 bits per heavy atom. The molecule has 1 N–H and O–H groups in total. The normalized spacial score (nSPS) is 11.1. The summed E-state index contributed by atoms with van der Waals surface area (Å²) in [5.41, 5.74) is 1.64. The molecule has 2 aromatic heterocycles. The molecule has 0 fully saturated rings. The number of aryl methyl sites for hydroxylation is 1. The van der Waals surface area contributed by atoms with Crippen LogP contribution in [0.1, 0.15) is 22.3 Å². The van der Waals surface area contributed by atoms with Crippen molar-refractivity contribution in [2.24, 2.45) is 0 Å². The Hall–Kier alpha value is -1.85. The first kappa shape index (κ1) is 13.1. The van der Waals surface area contributed by atoms with Crippen LogP contribution < -0.4 is 0 Å². The zero-order valence-corrected chi connectivity index (χ0v) is 12.2. The van der Waals surface area contributed by atoms with Crippen LogP contribution in [-0.4, -0.2) is 20.9 Å². The number of aromatic nitrogens is 2. The number of benzene rings is 1. The molecule has 102 valence electrons. The second-order valence-corrected chi connectivity index (χ2v) is 5.74. The summed E-state index contributed by atoms with van der Waals surface area (Å²) in [4.78, 5) is 12.3. The first-order valence-corrected chi connectivity index (χ1v) is 7.31. The third-order valence-corrected chi connectivity index (χ3v) is 4.48. The largest absolute Gasteiger partial charge is 0.477 e. The Balaban J connectivity index is 2.30. The molecule has 4 nitrogen and oxygen atoms in total. The van der Waals surface area contributed by atoms with Crippen molar-refractivity contribution in [2.45, 2.75) is 13.3 Å². The summed E-state index contributed by atoms with van der Waals surface area (Å²) in [6, 6.07) is 9.08. The van der Waals surface area contributed by atoms with E-state index in [-0.39, 0.29) is 0 Å². The average molecular weight is 307 g/mol. The van der Waals surface area contributed by atoms with Crippen molar-refractivity contribution in [3.8, 4) is 5.69 Å². The van der Waals surface area contributed by atoms with Crippen LogP contribution in [0.2, 0.25) is 5.02 Å². The molecule has 0 amide bonds. The molecule has 0 aliphatic carbocycles. The van der Waals surface area contributed by atoms with E-state index >= 15 is 0 Å². The summed E-state index contributed by atoms with van der Waals surface area (Å²) < 4.78 is 1.73. The molecule has 0 atom stereocenters. The van der Waals surface area contributed by atoms with E-state index < -0.39 is 5.97 Å². The van der Waals surface area contributed by atoms with Crippen LogP contribution in [0.5, 0.6) is 0 Å². The summed E-state index contributed by atoms with van der Waals surface area (Å²) >= 11 is 7.42. The molecule has 0 unspecified atom stereocenters. The monoisotopic (exact) mass is 306 g/mol. The first-order valence-electron chi connectivity index (χ1n) is 6.11. The number of carboxylic acid groups (broad SMARTS) is 1. The lowest BCUT2D eigenvalue weighted by molar-refractivity contribution is 0.0702. The van der Waals surface area contributed by atoms with Gasteiger partial charge in [0.1, 0.15) is 9.71 Å². The second-order valence-electron chi connectivity index (χ2n) is 4.30. The van der Waals surface area contributed by atoms with Gasteiger partial charge in [0.05, 0.1) is 16.4 Å². The lowest BCUT2D eigenvalue weighted by Crippen LogP contribution is -1.97. The van der Waals surface area contributed by atoms with E-state index in [1.54, 1.807) is 16.8 Å². The van der Waals surface area contributed by atoms with Crippen LogP contribution in [0.15, 0.2) is 30.3 Å². The molecule has 1 aromatic carbocycles. The van der Waals surface area contributed by atoms with Crippen LogP contribution in [0, 0.1) is 0 Å². The maximum absolute atomic E-state index is 11.1. The SMILES string of the molecule is CCc1nn(-c2ccccc2Cl)c2sc(C(=O)O)cc12. The molecule has 3 rings (SSSR count). The number of rotatable bonds is 3. The molecule has 0 spiro atoms. The fraction of sp³-hybridized carbons (Fsp3) is 0.143. The number of aromatic carboxylic acids is 1. The van der Waals surface area contributed by atoms with Crippen molar-refractivity contribution in [1.29, 1.82) is 0 Å². The molecule has 0 saturated carbocycles. The third kappa shape index (κ3) is 1.99. The first-order chi connectivity index (χ1) is 9.61. The topological polar surface area (TPSA) is 55.1 Å². The van der Waals surface area contributed by atoms with Crippen LogP contribution >= 0.6 is 22.9 Å². The summed E-state index contributed by atoms with van der Waals surface area (Å²) in [5.74, 6) is -0.918. The number of fused-ring (bicyclic) bond motifs is 1. The Labute approximate surface area is 124 Å². The van der Waals surface area contributed by atoms with Gasteiger partial charge in [0.15, 0.2) is 0 Å². The highest BCUT2D eigenvalue weighted by Crippen LogP contribution is 2.32. The summed E-state index contributed by atoms with van der Waals surface area (Å²) in [7, 11) is 0. The van der Waals surface area contributed by atoms with E-state index in [9.17, 15) is 4.79 Å². The van der Waals surface area contributed by atoms with E-state index in [2.05, 4.69) is 5.10 Å². The van der Waals surface area contributed by atoms with Gasteiger partial charge in [0.2, 0.25) is 0 Å². The molecule has 0 aliphatic rings. The number of hydrogen-bond donors (Lipinski definition) is 1.